The van der Waals surface area contributed by atoms with Crippen molar-refractivity contribution >= 4 is 17.8 Å². The van der Waals surface area contributed by atoms with Gasteiger partial charge in [-0.3, -0.25) is 14.4 Å². The molecule has 7 heteroatoms. The maximum atomic E-state index is 12.3. The SMILES string of the molecule is CC(C)[C@@](C)(C#N)NC(=O)[C@H](C)OC(=O)CNC(=O)c1ccc(-c2ccccc2)cc1. The number of nitrogens with zero attached hydrogens (tertiary/aromatic N) is 1. The fourth-order valence-electron chi connectivity index (χ4n) is 2.65. The summed E-state index contributed by atoms with van der Waals surface area (Å²) in [5.74, 6) is -1.88. The van der Waals surface area contributed by atoms with Crippen molar-refractivity contribution in [2.24, 2.45) is 5.92 Å². The van der Waals surface area contributed by atoms with Gasteiger partial charge in [0.15, 0.2) is 6.10 Å². The van der Waals surface area contributed by atoms with Crippen LogP contribution >= 0.6 is 0 Å². The lowest BCUT2D eigenvalue weighted by atomic mass is 9.90. The highest BCUT2D eigenvalue weighted by molar-refractivity contribution is 5.96. The Balaban J connectivity index is 1.86. The predicted molar refractivity (Wildman–Crippen MR) is 117 cm³/mol. The van der Waals surface area contributed by atoms with Crippen molar-refractivity contribution in [3.63, 3.8) is 0 Å². The molecule has 0 aliphatic carbocycles. The van der Waals surface area contributed by atoms with Crippen LogP contribution in [-0.4, -0.2) is 36.0 Å². The van der Waals surface area contributed by atoms with Gasteiger partial charge in [0.05, 0.1) is 6.07 Å². The fourth-order valence-corrected chi connectivity index (χ4v) is 2.65. The van der Waals surface area contributed by atoms with Crippen molar-refractivity contribution in [3.8, 4) is 17.2 Å². The van der Waals surface area contributed by atoms with Crippen LogP contribution in [0, 0.1) is 17.2 Å². The highest BCUT2D eigenvalue weighted by atomic mass is 16.5. The van der Waals surface area contributed by atoms with Crippen molar-refractivity contribution in [1.29, 1.82) is 5.26 Å². The number of nitriles is 1. The molecular weight excluding hydrogens is 394 g/mol. The number of carbonyl (C=O) groups is 3. The minimum Gasteiger partial charge on any atom is -0.451 e. The molecule has 2 aromatic carbocycles. The van der Waals surface area contributed by atoms with Gasteiger partial charge in [-0.05, 0) is 43.0 Å². The van der Waals surface area contributed by atoms with E-state index < -0.39 is 29.4 Å². The Morgan fingerprint density at radius 1 is 1.00 bits per heavy atom. The van der Waals surface area contributed by atoms with Crippen LogP contribution in [-0.2, 0) is 14.3 Å². The lowest BCUT2D eigenvalue weighted by molar-refractivity contribution is -0.154. The second-order valence-electron chi connectivity index (χ2n) is 7.72. The van der Waals surface area contributed by atoms with E-state index in [1.165, 1.54) is 6.92 Å². The van der Waals surface area contributed by atoms with Gasteiger partial charge in [-0.15, -0.1) is 0 Å². The average molecular weight is 421 g/mol. The second kappa shape index (κ2) is 10.4. The number of hydrogen-bond acceptors (Lipinski definition) is 5. The molecule has 0 saturated heterocycles. The van der Waals surface area contributed by atoms with Crippen LogP contribution in [0.1, 0.15) is 38.1 Å². The molecule has 0 aliphatic heterocycles. The number of carbonyl (C=O) groups excluding carboxylic acids is 3. The van der Waals surface area contributed by atoms with E-state index in [1.807, 2.05) is 56.3 Å². The molecule has 0 fully saturated rings. The van der Waals surface area contributed by atoms with Crippen molar-refractivity contribution in [3.05, 3.63) is 60.2 Å². The van der Waals surface area contributed by atoms with E-state index in [0.717, 1.165) is 11.1 Å². The van der Waals surface area contributed by atoms with Crippen LogP contribution in [0.5, 0.6) is 0 Å². The summed E-state index contributed by atoms with van der Waals surface area (Å²) in [4.78, 5) is 36.5. The summed E-state index contributed by atoms with van der Waals surface area (Å²) < 4.78 is 5.07. The highest BCUT2D eigenvalue weighted by Crippen LogP contribution is 2.19. The Labute approximate surface area is 182 Å². The molecule has 31 heavy (non-hydrogen) atoms. The molecule has 2 aromatic rings. The first-order chi connectivity index (χ1) is 14.7. The van der Waals surface area contributed by atoms with Gasteiger partial charge in [0, 0.05) is 5.56 Å². The van der Waals surface area contributed by atoms with Gasteiger partial charge in [-0.1, -0.05) is 56.3 Å². The van der Waals surface area contributed by atoms with Crippen LogP contribution in [0.3, 0.4) is 0 Å². The molecule has 0 aromatic heterocycles. The van der Waals surface area contributed by atoms with E-state index >= 15 is 0 Å². The summed E-state index contributed by atoms with van der Waals surface area (Å²) in [5, 5.41) is 14.4. The molecule has 2 amide bonds. The molecule has 2 rings (SSSR count). The Hall–Kier alpha value is -3.66. The number of ether oxygens (including phenoxy) is 1. The molecule has 0 bridgehead atoms. The standard InChI is InChI=1S/C24H27N3O4/c1-16(2)24(4,15-25)27-22(29)17(3)31-21(28)14-26-23(30)20-12-10-19(11-13-20)18-8-6-5-7-9-18/h5-13,16-17H,14H2,1-4H3,(H,26,30)(H,27,29)/t17-,24+/m0/s1. The zero-order valence-corrected chi connectivity index (χ0v) is 18.1. The molecule has 0 saturated carbocycles. The van der Waals surface area contributed by atoms with Crippen molar-refractivity contribution in [2.45, 2.75) is 39.3 Å². The van der Waals surface area contributed by atoms with Crippen molar-refractivity contribution < 1.29 is 19.1 Å². The molecule has 7 nitrogen and oxygen atoms in total. The first kappa shape index (κ1) is 23.6. The molecule has 162 valence electrons. The third-order valence-corrected chi connectivity index (χ3v) is 5.09. The van der Waals surface area contributed by atoms with Gasteiger partial charge < -0.3 is 15.4 Å². The lowest BCUT2D eigenvalue weighted by Gasteiger charge is -2.28. The Morgan fingerprint density at radius 2 is 1.58 bits per heavy atom. The minimum absolute atomic E-state index is 0.128. The van der Waals surface area contributed by atoms with Gasteiger partial charge in [-0.2, -0.15) is 5.26 Å². The third kappa shape index (κ3) is 6.41. The summed E-state index contributed by atoms with van der Waals surface area (Å²) in [5.41, 5.74) is 1.34. The van der Waals surface area contributed by atoms with E-state index in [9.17, 15) is 19.6 Å². The molecule has 2 N–H and O–H groups in total. The van der Waals surface area contributed by atoms with Gasteiger partial charge in [0.1, 0.15) is 12.1 Å². The van der Waals surface area contributed by atoms with Crippen molar-refractivity contribution in [1.82, 2.24) is 10.6 Å². The lowest BCUT2D eigenvalue weighted by Crippen LogP contribution is -2.52. The molecule has 0 aliphatic rings. The van der Waals surface area contributed by atoms with Gasteiger partial charge in [0.25, 0.3) is 11.8 Å². The van der Waals surface area contributed by atoms with Crippen LogP contribution in [0.25, 0.3) is 11.1 Å². The monoisotopic (exact) mass is 421 g/mol. The van der Waals surface area contributed by atoms with Crippen LogP contribution in [0.15, 0.2) is 54.6 Å². The molecule has 0 unspecified atom stereocenters. The van der Waals surface area contributed by atoms with E-state index in [0.29, 0.717) is 5.56 Å². The molecular formula is C24H27N3O4. The maximum absolute atomic E-state index is 12.3. The molecule has 0 spiro atoms. The third-order valence-electron chi connectivity index (χ3n) is 5.09. The summed E-state index contributed by atoms with van der Waals surface area (Å²) in [6, 6.07) is 18.8. The fraction of sp³-hybridized carbons (Fsp3) is 0.333. The molecule has 0 radical (unpaired) electrons. The molecule has 0 heterocycles. The number of nitrogens with one attached hydrogen (secondary N) is 2. The molecule has 2 atom stereocenters. The van der Waals surface area contributed by atoms with Gasteiger partial charge in [0.2, 0.25) is 0 Å². The average Bonchev–Trinajstić information content (AvgIpc) is 2.77. The number of esters is 1. The Bertz CT molecular complexity index is 965. The maximum Gasteiger partial charge on any atom is 0.326 e. The number of benzene rings is 2. The second-order valence-corrected chi connectivity index (χ2v) is 7.72. The Kier molecular flexibility index (Phi) is 7.92. The zero-order chi connectivity index (χ0) is 23.0. The van der Waals surface area contributed by atoms with E-state index in [4.69, 9.17) is 4.74 Å². The van der Waals surface area contributed by atoms with E-state index in [-0.39, 0.29) is 12.5 Å². The number of amides is 2. The minimum atomic E-state index is -1.10. The number of hydrogen-bond donors (Lipinski definition) is 2. The normalized spacial score (nSPS) is 13.4. The van der Waals surface area contributed by atoms with Crippen LogP contribution in [0.4, 0.5) is 0 Å². The van der Waals surface area contributed by atoms with Crippen molar-refractivity contribution in [2.75, 3.05) is 6.54 Å². The number of rotatable bonds is 8. The summed E-state index contributed by atoms with van der Waals surface area (Å²) >= 11 is 0. The van der Waals surface area contributed by atoms with E-state index in [1.54, 1.807) is 19.1 Å². The zero-order valence-electron chi connectivity index (χ0n) is 18.1. The largest absolute Gasteiger partial charge is 0.451 e. The van der Waals surface area contributed by atoms with Crippen LogP contribution < -0.4 is 10.6 Å². The smallest absolute Gasteiger partial charge is 0.326 e. The predicted octanol–water partition coefficient (Wildman–Crippen LogP) is 3.07. The first-order valence-corrected chi connectivity index (χ1v) is 10.0. The summed E-state index contributed by atoms with van der Waals surface area (Å²) in [7, 11) is 0. The summed E-state index contributed by atoms with van der Waals surface area (Å²) in [6.07, 6.45) is -1.10. The summed E-state index contributed by atoms with van der Waals surface area (Å²) in [6.45, 7) is 6.25. The van der Waals surface area contributed by atoms with Gasteiger partial charge >= 0.3 is 5.97 Å². The topological polar surface area (TPSA) is 108 Å². The Morgan fingerprint density at radius 3 is 2.13 bits per heavy atom. The van der Waals surface area contributed by atoms with Crippen LogP contribution in [0.2, 0.25) is 0 Å². The quantitative estimate of drug-likeness (QED) is 0.637. The van der Waals surface area contributed by atoms with Gasteiger partial charge in [-0.25, -0.2) is 0 Å². The highest BCUT2D eigenvalue weighted by Gasteiger charge is 2.32. The first-order valence-electron chi connectivity index (χ1n) is 10.0. The van der Waals surface area contributed by atoms with E-state index in [2.05, 4.69) is 16.7 Å².